The van der Waals surface area contributed by atoms with Gasteiger partial charge in [-0.15, -0.1) is 10.2 Å². The Morgan fingerprint density at radius 2 is 2.04 bits per heavy atom. The number of aryl methyl sites for hydroxylation is 1. The number of anilines is 1. The van der Waals surface area contributed by atoms with E-state index in [1.54, 1.807) is 13.1 Å². The van der Waals surface area contributed by atoms with Crippen LogP contribution in [0.2, 0.25) is 0 Å². The summed E-state index contributed by atoms with van der Waals surface area (Å²) >= 11 is 0. The fourth-order valence-corrected chi connectivity index (χ4v) is 2.88. The molecule has 1 aliphatic heterocycles. The van der Waals surface area contributed by atoms with E-state index < -0.39 is 0 Å². The Morgan fingerprint density at radius 3 is 2.68 bits per heavy atom. The minimum atomic E-state index is 0.0355. The third-order valence-corrected chi connectivity index (χ3v) is 4.26. The number of hydrogen-bond acceptors (Lipinski definition) is 7. The van der Waals surface area contributed by atoms with E-state index in [1.165, 1.54) is 0 Å². The Kier molecular flexibility index (Phi) is 5.28. The first-order valence-electron chi connectivity index (χ1n) is 8.47. The van der Waals surface area contributed by atoms with Crippen LogP contribution >= 0.6 is 0 Å². The van der Waals surface area contributed by atoms with E-state index in [4.69, 9.17) is 4.42 Å². The molecule has 25 heavy (non-hydrogen) atoms. The molecule has 1 fully saturated rings. The van der Waals surface area contributed by atoms with Crippen LogP contribution in [0.4, 0.5) is 5.82 Å². The fourth-order valence-electron chi connectivity index (χ4n) is 2.88. The zero-order chi connectivity index (χ0) is 17.8. The van der Waals surface area contributed by atoms with Gasteiger partial charge in [-0.2, -0.15) is 0 Å². The molecule has 0 bridgehead atoms. The van der Waals surface area contributed by atoms with E-state index in [2.05, 4.69) is 20.1 Å². The van der Waals surface area contributed by atoms with Crippen molar-refractivity contribution < 1.29 is 9.21 Å². The lowest BCUT2D eigenvalue weighted by molar-refractivity contribution is 0.0760. The van der Waals surface area contributed by atoms with Crippen LogP contribution in [0.3, 0.4) is 0 Å². The molecule has 3 rings (SSSR count). The summed E-state index contributed by atoms with van der Waals surface area (Å²) in [5.41, 5.74) is 0.631. The molecule has 0 spiro atoms. The Hall–Kier alpha value is -2.48. The van der Waals surface area contributed by atoms with Gasteiger partial charge in [0.1, 0.15) is 5.82 Å². The summed E-state index contributed by atoms with van der Waals surface area (Å²) in [6.45, 7) is 5.53. The molecule has 1 aliphatic rings. The molecule has 1 amide bonds. The van der Waals surface area contributed by atoms with Crippen molar-refractivity contribution in [1.82, 2.24) is 25.0 Å². The van der Waals surface area contributed by atoms with Gasteiger partial charge in [0.2, 0.25) is 11.8 Å². The van der Waals surface area contributed by atoms with E-state index in [0.29, 0.717) is 30.4 Å². The zero-order valence-electron chi connectivity index (χ0n) is 15.0. The molecule has 0 N–H and O–H groups in total. The van der Waals surface area contributed by atoms with Crippen LogP contribution in [0.1, 0.15) is 28.6 Å². The predicted octanol–water partition coefficient (Wildman–Crippen LogP) is 1.19. The average molecular weight is 344 g/mol. The summed E-state index contributed by atoms with van der Waals surface area (Å²) in [5.74, 6) is 2.08. The SMILES string of the molecule is Cc1nnc(CN2CCCN(C(=O)c3ccc(N(C)C)nc3)CC2)o1. The molecule has 0 unspecified atom stereocenters. The van der Waals surface area contributed by atoms with Crippen LogP contribution in [-0.4, -0.2) is 71.2 Å². The molecule has 0 aromatic carbocycles. The number of carbonyl (C=O) groups is 1. The summed E-state index contributed by atoms with van der Waals surface area (Å²) in [6, 6.07) is 3.71. The number of nitrogens with zero attached hydrogens (tertiary/aromatic N) is 6. The molecule has 2 aromatic rings. The van der Waals surface area contributed by atoms with Crippen molar-refractivity contribution in [3.05, 3.63) is 35.7 Å². The molecule has 0 radical (unpaired) electrons. The van der Waals surface area contributed by atoms with Gasteiger partial charge >= 0.3 is 0 Å². The van der Waals surface area contributed by atoms with Crippen molar-refractivity contribution in [1.29, 1.82) is 0 Å². The number of rotatable bonds is 4. The summed E-state index contributed by atoms with van der Waals surface area (Å²) in [6.07, 6.45) is 2.57. The van der Waals surface area contributed by atoms with Crippen molar-refractivity contribution in [2.75, 3.05) is 45.2 Å². The van der Waals surface area contributed by atoms with Gasteiger partial charge in [-0.25, -0.2) is 4.98 Å². The monoisotopic (exact) mass is 344 g/mol. The molecular weight excluding hydrogens is 320 g/mol. The van der Waals surface area contributed by atoms with Gasteiger partial charge in [0.15, 0.2) is 0 Å². The number of aromatic nitrogens is 3. The van der Waals surface area contributed by atoms with Crippen LogP contribution in [0.25, 0.3) is 0 Å². The van der Waals surface area contributed by atoms with Gasteiger partial charge in [-0.05, 0) is 18.6 Å². The first-order valence-corrected chi connectivity index (χ1v) is 8.47. The van der Waals surface area contributed by atoms with Gasteiger partial charge in [0.25, 0.3) is 5.91 Å². The Labute approximate surface area is 147 Å². The first kappa shape index (κ1) is 17.3. The van der Waals surface area contributed by atoms with Crippen LogP contribution in [-0.2, 0) is 6.54 Å². The predicted molar refractivity (Wildman–Crippen MR) is 93.4 cm³/mol. The van der Waals surface area contributed by atoms with Crippen LogP contribution < -0.4 is 4.90 Å². The maximum Gasteiger partial charge on any atom is 0.255 e. The van der Waals surface area contributed by atoms with Crippen LogP contribution in [0, 0.1) is 6.92 Å². The highest BCUT2D eigenvalue weighted by Gasteiger charge is 2.21. The second-order valence-electron chi connectivity index (χ2n) is 6.44. The van der Waals surface area contributed by atoms with E-state index in [-0.39, 0.29) is 5.91 Å². The van der Waals surface area contributed by atoms with Crippen molar-refractivity contribution in [2.24, 2.45) is 0 Å². The summed E-state index contributed by atoms with van der Waals surface area (Å²) < 4.78 is 5.44. The van der Waals surface area contributed by atoms with Gasteiger partial charge in [-0.1, -0.05) is 0 Å². The highest BCUT2D eigenvalue weighted by Crippen LogP contribution is 2.13. The third kappa shape index (κ3) is 4.33. The first-order chi connectivity index (χ1) is 12.0. The van der Waals surface area contributed by atoms with Crippen molar-refractivity contribution in [3.8, 4) is 0 Å². The summed E-state index contributed by atoms with van der Waals surface area (Å²) in [5, 5.41) is 7.90. The minimum Gasteiger partial charge on any atom is -0.424 e. The fraction of sp³-hybridized carbons (Fsp3) is 0.529. The summed E-state index contributed by atoms with van der Waals surface area (Å²) in [4.78, 5) is 23.1. The van der Waals surface area contributed by atoms with Gasteiger partial charge in [0.05, 0.1) is 12.1 Å². The lowest BCUT2D eigenvalue weighted by Gasteiger charge is -2.21. The van der Waals surface area contributed by atoms with Crippen molar-refractivity contribution in [3.63, 3.8) is 0 Å². The van der Waals surface area contributed by atoms with Crippen molar-refractivity contribution >= 4 is 11.7 Å². The Bertz CT molecular complexity index is 712. The topological polar surface area (TPSA) is 78.6 Å². The van der Waals surface area contributed by atoms with E-state index >= 15 is 0 Å². The van der Waals surface area contributed by atoms with Crippen LogP contribution in [0.15, 0.2) is 22.7 Å². The maximum absolute atomic E-state index is 12.7. The van der Waals surface area contributed by atoms with E-state index in [1.807, 2.05) is 36.0 Å². The second-order valence-corrected chi connectivity index (χ2v) is 6.44. The van der Waals surface area contributed by atoms with Gasteiger partial charge < -0.3 is 14.2 Å². The van der Waals surface area contributed by atoms with E-state index in [9.17, 15) is 4.79 Å². The van der Waals surface area contributed by atoms with Gasteiger partial charge in [0, 0.05) is 53.4 Å². The standard InChI is InChI=1S/C17H24N6O2/c1-13-19-20-16(25-13)12-22-7-4-8-23(10-9-22)17(24)14-5-6-15(18-11-14)21(2)3/h5-6,11H,4,7-10,12H2,1-3H3. The van der Waals surface area contributed by atoms with Gasteiger partial charge in [-0.3, -0.25) is 9.69 Å². The molecule has 0 atom stereocenters. The molecular formula is C17H24N6O2. The number of pyridine rings is 1. The Balaban J connectivity index is 1.59. The average Bonchev–Trinajstić information content (AvgIpc) is 2.87. The second kappa shape index (κ2) is 7.60. The number of carbonyl (C=O) groups excluding carboxylic acids is 1. The molecule has 0 saturated carbocycles. The zero-order valence-corrected chi connectivity index (χ0v) is 15.0. The van der Waals surface area contributed by atoms with E-state index in [0.717, 1.165) is 31.9 Å². The lowest BCUT2D eigenvalue weighted by atomic mass is 10.2. The molecule has 8 heteroatoms. The minimum absolute atomic E-state index is 0.0355. The molecule has 0 aliphatic carbocycles. The molecule has 3 heterocycles. The molecule has 8 nitrogen and oxygen atoms in total. The quantitative estimate of drug-likeness (QED) is 0.824. The largest absolute Gasteiger partial charge is 0.424 e. The van der Waals surface area contributed by atoms with Crippen LogP contribution in [0.5, 0.6) is 0 Å². The summed E-state index contributed by atoms with van der Waals surface area (Å²) in [7, 11) is 3.86. The van der Waals surface area contributed by atoms with Crippen molar-refractivity contribution in [2.45, 2.75) is 19.9 Å². The molecule has 2 aromatic heterocycles. The highest BCUT2D eigenvalue weighted by molar-refractivity contribution is 5.94. The molecule has 134 valence electrons. The lowest BCUT2D eigenvalue weighted by Crippen LogP contribution is -2.35. The number of hydrogen-bond donors (Lipinski definition) is 0. The third-order valence-electron chi connectivity index (χ3n) is 4.26. The highest BCUT2D eigenvalue weighted by atomic mass is 16.4. The number of amides is 1. The normalized spacial score (nSPS) is 15.9. The smallest absolute Gasteiger partial charge is 0.255 e. The molecule has 1 saturated heterocycles. The Morgan fingerprint density at radius 1 is 1.20 bits per heavy atom. The maximum atomic E-state index is 12.7.